The molecule has 7 heteroatoms. The summed E-state index contributed by atoms with van der Waals surface area (Å²) in [7, 11) is 0. The van der Waals surface area contributed by atoms with Crippen molar-refractivity contribution in [1.29, 1.82) is 0 Å². The molecule has 1 unspecified atom stereocenters. The molecule has 2 aromatic heterocycles. The first kappa shape index (κ1) is 19.1. The van der Waals surface area contributed by atoms with Crippen molar-refractivity contribution in [3.05, 3.63) is 72.7 Å². The molecule has 0 spiro atoms. The van der Waals surface area contributed by atoms with E-state index >= 15 is 0 Å². The first-order chi connectivity index (χ1) is 14.3. The number of hydrogen-bond acceptors (Lipinski definition) is 4. The molecule has 150 valence electrons. The average Bonchev–Trinajstić information content (AvgIpc) is 3.44. The number of anilines is 1. The second kappa shape index (κ2) is 9.34. The largest absolute Gasteiger partial charge is 0.338 e. The van der Waals surface area contributed by atoms with Crippen molar-refractivity contribution in [3.8, 4) is 5.82 Å². The molecule has 0 bridgehead atoms. The van der Waals surface area contributed by atoms with Gasteiger partial charge in [0, 0.05) is 32.0 Å². The number of urea groups is 1. The van der Waals surface area contributed by atoms with E-state index in [1.807, 2.05) is 24.4 Å². The highest BCUT2D eigenvalue weighted by molar-refractivity contribution is 5.89. The van der Waals surface area contributed by atoms with Crippen LogP contribution in [0.3, 0.4) is 0 Å². The van der Waals surface area contributed by atoms with Crippen molar-refractivity contribution in [2.45, 2.75) is 12.8 Å². The van der Waals surface area contributed by atoms with Gasteiger partial charge in [0.15, 0.2) is 5.82 Å². The Morgan fingerprint density at radius 1 is 1.14 bits per heavy atom. The Hall–Kier alpha value is -3.19. The van der Waals surface area contributed by atoms with E-state index in [1.165, 1.54) is 5.56 Å². The summed E-state index contributed by atoms with van der Waals surface area (Å²) in [5, 5.41) is 9.97. The molecule has 1 atom stereocenters. The van der Waals surface area contributed by atoms with Crippen LogP contribution in [-0.4, -0.2) is 51.9 Å². The van der Waals surface area contributed by atoms with Crippen molar-refractivity contribution < 1.29 is 4.79 Å². The van der Waals surface area contributed by atoms with Crippen LogP contribution in [0, 0.1) is 5.92 Å². The Morgan fingerprint density at radius 2 is 2.03 bits per heavy atom. The van der Waals surface area contributed by atoms with Gasteiger partial charge in [0.1, 0.15) is 0 Å². The Morgan fingerprint density at radius 3 is 2.79 bits per heavy atom. The zero-order valence-corrected chi connectivity index (χ0v) is 16.4. The number of hydrogen-bond donors (Lipinski definition) is 2. The minimum absolute atomic E-state index is 0.193. The molecule has 1 aliphatic rings. The molecule has 1 aliphatic heterocycles. The van der Waals surface area contributed by atoms with E-state index in [0.717, 1.165) is 32.5 Å². The summed E-state index contributed by atoms with van der Waals surface area (Å²) in [5.41, 5.74) is 2.04. The number of nitrogens with one attached hydrogen (secondary N) is 2. The van der Waals surface area contributed by atoms with Gasteiger partial charge in [-0.15, -0.1) is 0 Å². The summed E-state index contributed by atoms with van der Waals surface area (Å²) >= 11 is 0. The fraction of sp³-hybridized carbons (Fsp3) is 0.318. The minimum atomic E-state index is -0.193. The predicted octanol–water partition coefficient (Wildman–Crippen LogP) is 2.95. The van der Waals surface area contributed by atoms with Gasteiger partial charge in [-0.1, -0.05) is 30.3 Å². The first-order valence-corrected chi connectivity index (χ1v) is 10.0. The fourth-order valence-corrected chi connectivity index (χ4v) is 3.63. The Kier molecular flexibility index (Phi) is 6.16. The molecule has 1 aromatic carbocycles. The highest BCUT2D eigenvalue weighted by atomic mass is 16.2. The lowest BCUT2D eigenvalue weighted by molar-refractivity contribution is 0.249. The number of nitrogens with zero attached hydrogens (tertiary/aromatic N) is 4. The van der Waals surface area contributed by atoms with E-state index < -0.39 is 0 Å². The molecule has 1 saturated heterocycles. The lowest BCUT2D eigenvalue weighted by Gasteiger charge is -2.16. The zero-order valence-electron chi connectivity index (χ0n) is 16.4. The van der Waals surface area contributed by atoms with Gasteiger partial charge in [0.25, 0.3) is 0 Å². The van der Waals surface area contributed by atoms with Gasteiger partial charge in [-0.05, 0) is 49.1 Å². The zero-order chi connectivity index (χ0) is 19.9. The third kappa shape index (κ3) is 5.42. The maximum absolute atomic E-state index is 12.2. The van der Waals surface area contributed by atoms with Crippen LogP contribution >= 0.6 is 0 Å². The van der Waals surface area contributed by atoms with Gasteiger partial charge in [-0.3, -0.25) is 0 Å². The maximum atomic E-state index is 12.2. The van der Waals surface area contributed by atoms with E-state index in [0.29, 0.717) is 24.0 Å². The van der Waals surface area contributed by atoms with E-state index in [-0.39, 0.29) is 6.03 Å². The molecular weight excluding hydrogens is 364 g/mol. The lowest BCUT2D eigenvalue weighted by atomic mass is 10.1. The van der Waals surface area contributed by atoms with Gasteiger partial charge >= 0.3 is 6.03 Å². The average molecular weight is 390 g/mol. The molecule has 2 amide bonds. The lowest BCUT2D eigenvalue weighted by Crippen LogP contribution is -2.34. The molecule has 3 heterocycles. The van der Waals surface area contributed by atoms with Crippen molar-refractivity contribution in [1.82, 2.24) is 25.0 Å². The van der Waals surface area contributed by atoms with Gasteiger partial charge < -0.3 is 15.5 Å². The smallest absolute Gasteiger partial charge is 0.319 e. The van der Waals surface area contributed by atoms with Crippen LogP contribution in [0.5, 0.6) is 0 Å². The Balaban J connectivity index is 1.17. The van der Waals surface area contributed by atoms with E-state index in [2.05, 4.69) is 55.9 Å². The van der Waals surface area contributed by atoms with Crippen LogP contribution in [-0.2, 0) is 6.42 Å². The summed E-state index contributed by atoms with van der Waals surface area (Å²) < 4.78 is 1.67. The van der Waals surface area contributed by atoms with Crippen LogP contribution in [0.4, 0.5) is 10.5 Å². The third-order valence-corrected chi connectivity index (χ3v) is 5.23. The molecule has 0 radical (unpaired) electrons. The molecule has 0 aliphatic carbocycles. The SMILES string of the molecule is O=C(NCC1CCN(CCc2ccccc2)C1)Nc1ccc(-n2cccn2)nc1. The number of likely N-dealkylation sites (tertiary alicyclic amines) is 1. The van der Waals surface area contributed by atoms with Crippen molar-refractivity contribution >= 4 is 11.7 Å². The number of aromatic nitrogens is 3. The van der Waals surface area contributed by atoms with Crippen LogP contribution in [0.1, 0.15) is 12.0 Å². The monoisotopic (exact) mass is 390 g/mol. The molecule has 3 aromatic rings. The summed E-state index contributed by atoms with van der Waals surface area (Å²) in [5.74, 6) is 1.21. The maximum Gasteiger partial charge on any atom is 0.319 e. The molecule has 29 heavy (non-hydrogen) atoms. The normalized spacial score (nSPS) is 16.6. The second-order valence-corrected chi connectivity index (χ2v) is 7.38. The quantitative estimate of drug-likeness (QED) is 0.650. The molecular formula is C22H26N6O. The Bertz CT molecular complexity index is 895. The van der Waals surface area contributed by atoms with E-state index in [9.17, 15) is 4.79 Å². The van der Waals surface area contributed by atoms with Crippen LogP contribution in [0.15, 0.2) is 67.1 Å². The van der Waals surface area contributed by atoms with Gasteiger partial charge in [0.05, 0.1) is 11.9 Å². The standard InChI is InChI=1S/C22H26N6O/c29-22(26-20-7-8-21(23-16-20)28-12-4-11-25-28)24-15-19-10-14-27(17-19)13-9-18-5-2-1-3-6-18/h1-8,11-12,16,19H,9-10,13-15,17H2,(H2,24,26,29). The fourth-order valence-electron chi connectivity index (χ4n) is 3.63. The summed E-state index contributed by atoms with van der Waals surface area (Å²) in [6, 6.07) is 15.9. The molecule has 7 nitrogen and oxygen atoms in total. The van der Waals surface area contributed by atoms with Gasteiger partial charge in [-0.25, -0.2) is 14.5 Å². The summed E-state index contributed by atoms with van der Waals surface area (Å²) in [4.78, 5) is 19.0. The summed E-state index contributed by atoms with van der Waals surface area (Å²) in [6.07, 6.45) is 7.36. The topological polar surface area (TPSA) is 75.1 Å². The molecule has 1 fully saturated rings. The first-order valence-electron chi connectivity index (χ1n) is 10.0. The minimum Gasteiger partial charge on any atom is -0.338 e. The van der Waals surface area contributed by atoms with Gasteiger partial charge in [0.2, 0.25) is 0 Å². The predicted molar refractivity (Wildman–Crippen MR) is 113 cm³/mol. The van der Waals surface area contributed by atoms with E-state index in [4.69, 9.17) is 0 Å². The highest BCUT2D eigenvalue weighted by Crippen LogP contribution is 2.16. The summed E-state index contributed by atoms with van der Waals surface area (Å²) in [6.45, 7) is 3.89. The number of rotatable bonds is 7. The van der Waals surface area contributed by atoms with Crippen molar-refractivity contribution in [2.75, 3.05) is 31.5 Å². The number of benzene rings is 1. The van der Waals surface area contributed by atoms with Crippen LogP contribution < -0.4 is 10.6 Å². The molecule has 2 N–H and O–H groups in total. The van der Waals surface area contributed by atoms with Crippen molar-refractivity contribution in [2.24, 2.45) is 5.92 Å². The highest BCUT2D eigenvalue weighted by Gasteiger charge is 2.22. The third-order valence-electron chi connectivity index (χ3n) is 5.23. The van der Waals surface area contributed by atoms with Crippen LogP contribution in [0.2, 0.25) is 0 Å². The van der Waals surface area contributed by atoms with Crippen LogP contribution in [0.25, 0.3) is 5.82 Å². The number of amides is 2. The number of carbonyl (C=O) groups is 1. The Labute approximate surface area is 170 Å². The molecule has 0 saturated carbocycles. The van der Waals surface area contributed by atoms with Gasteiger partial charge in [-0.2, -0.15) is 5.10 Å². The molecule has 4 rings (SSSR count). The second-order valence-electron chi connectivity index (χ2n) is 7.38. The van der Waals surface area contributed by atoms with E-state index in [1.54, 1.807) is 17.1 Å². The number of pyridine rings is 1. The van der Waals surface area contributed by atoms with Crippen molar-refractivity contribution in [3.63, 3.8) is 0 Å². The number of carbonyl (C=O) groups excluding carboxylic acids is 1.